The van der Waals surface area contributed by atoms with Crippen molar-refractivity contribution < 1.29 is 24.3 Å². The number of benzene rings is 1. The lowest BCUT2D eigenvalue weighted by molar-refractivity contribution is -0.162. The van der Waals surface area contributed by atoms with Crippen LogP contribution >= 0.6 is 0 Å². The highest BCUT2D eigenvalue weighted by molar-refractivity contribution is 6.69. The first-order chi connectivity index (χ1) is 18.8. The number of carbonyl (C=O) groups excluding carboxylic acids is 2. The topological polar surface area (TPSA) is 97.6 Å². The summed E-state index contributed by atoms with van der Waals surface area (Å²) in [6, 6.07) is 5.91. The quantitative estimate of drug-likeness (QED) is 0.0682. The van der Waals surface area contributed by atoms with Crippen molar-refractivity contribution in [1.29, 1.82) is 0 Å². The summed E-state index contributed by atoms with van der Waals surface area (Å²) in [7, 11) is 0. The molecule has 0 bridgehead atoms. The summed E-state index contributed by atoms with van der Waals surface area (Å²) in [6.45, 7) is 10.9. The molecule has 1 atom stereocenters. The van der Waals surface area contributed by atoms with Crippen LogP contribution in [0.2, 0.25) is 0 Å². The average Bonchev–Trinajstić information content (AvgIpc) is 2.91. The molecule has 1 unspecified atom stereocenters. The highest BCUT2D eigenvalue weighted by atomic mass is 16.6. The molecule has 7 heteroatoms. The summed E-state index contributed by atoms with van der Waals surface area (Å²) < 4.78 is 10.7. The summed E-state index contributed by atoms with van der Waals surface area (Å²) in [5.74, 6) is -1.50. The van der Waals surface area contributed by atoms with E-state index in [1.54, 1.807) is 0 Å². The van der Waals surface area contributed by atoms with Gasteiger partial charge >= 0.3 is 11.9 Å². The molecule has 0 spiro atoms. The van der Waals surface area contributed by atoms with E-state index in [0.717, 1.165) is 61.6 Å². The lowest BCUT2D eigenvalue weighted by atomic mass is 9.68. The molecule has 0 aromatic heterocycles. The van der Waals surface area contributed by atoms with Gasteiger partial charge in [0.1, 0.15) is 5.71 Å². The van der Waals surface area contributed by atoms with Crippen molar-refractivity contribution in [1.82, 2.24) is 0 Å². The van der Waals surface area contributed by atoms with Crippen LogP contribution in [0.25, 0.3) is 0 Å². The Morgan fingerprint density at radius 3 is 2.18 bits per heavy atom. The largest absolute Gasteiger partial charge is 0.463 e. The fourth-order valence-corrected chi connectivity index (χ4v) is 5.81. The molecule has 7 nitrogen and oxygen atoms in total. The second-order valence-electron chi connectivity index (χ2n) is 10.9. The molecule has 1 aliphatic heterocycles. The standard InChI is InChI=1S/C32H50N2O5/c1-6-9-10-11-12-13-14-15-16-22-38-30(35)25(5)39-31(36)29(34-37)28-26-19-17-18-24(4)27(26)32(20-7-2,21-8-3)23-33-28/h17-19,25,37H,6-16,20-23H2,1-5H3. The van der Waals surface area contributed by atoms with Gasteiger partial charge < -0.3 is 14.7 Å². The number of esters is 2. The Hall–Kier alpha value is -2.70. The lowest BCUT2D eigenvalue weighted by Gasteiger charge is -2.39. The third kappa shape index (κ3) is 9.18. The highest BCUT2D eigenvalue weighted by Gasteiger charge is 2.40. The number of nitrogens with zero attached hydrogens (tertiary/aromatic N) is 2. The minimum absolute atomic E-state index is 0.121. The van der Waals surface area contributed by atoms with Crippen molar-refractivity contribution >= 4 is 23.4 Å². The van der Waals surface area contributed by atoms with Gasteiger partial charge in [0.05, 0.1) is 6.61 Å². The maximum atomic E-state index is 13.0. The maximum Gasteiger partial charge on any atom is 0.363 e. The van der Waals surface area contributed by atoms with Gasteiger partial charge in [-0.3, -0.25) is 4.99 Å². The molecule has 0 fully saturated rings. The van der Waals surface area contributed by atoms with Crippen molar-refractivity contribution in [3.8, 4) is 0 Å². The van der Waals surface area contributed by atoms with Crippen LogP contribution in [0.3, 0.4) is 0 Å². The second kappa shape index (κ2) is 17.1. The van der Waals surface area contributed by atoms with Gasteiger partial charge in [-0.15, -0.1) is 0 Å². The molecule has 1 aromatic carbocycles. The molecule has 1 aliphatic rings. The predicted molar refractivity (Wildman–Crippen MR) is 157 cm³/mol. The van der Waals surface area contributed by atoms with Crippen LogP contribution in [-0.4, -0.2) is 47.8 Å². The Labute approximate surface area is 235 Å². The van der Waals surface area contributed by atoms with Gasteiger partial charge in [0.15, 0.2) is 6.10 Å². The van der Waals surface area contributed by atoms with E-state index in [1.807, 2.05) is 12.1 Å². The van der Waals surface area contributed by atoms with Crippen LogP contribution in [0.15, 0.2) is 28.3 Å². The van der Waals surface area contributed by atoms with Gasteiger partial charge in [0, 0.05) is 17.5 Å². The molecule has 0 saturated heterocycles. The van der Waals surface area contributed by atoms with Crippen molar-refractivity contribution in [2.45, 2.75) is 130 Å². The molecule has 39 heavy (non-hydrogen) atoms. The summed E-state index contributed by atoms with van der Waals surface area (Å²) in [5.41, 5.74) is 2.96. The number of aryl methyl sites for hydroxylation is 1. The molecule has 218 valence electrons. The van der Waals surface area contributed by atoms with E-state index in [0.29, 0.717) is 18.9 Å². The monoisotopic (exact) mass is 542 g/mol. The first kappa shape index (κ1) is 32.5. The first-order valence-corrected chi connectivity index (χ1v) is 15.1. The Morgan fingerprint density at radius 2 is 1.59 bits per heavy atom. The fourth-order valence-electron chi connectivity index (χ4n) is 5.81. The molecule has 1 heterocycles. The number of fused-ring (bicyclic) bond motifs is 1. The van der Waals surface area contributed by atoms with E-state index in [9.17, 15) is 14.8 Å². The van der Waals surface area contributed by atoms with E-state index < -0.39 is 18.0 Å². The van der Waals surface area contributed by atoms with Crippen molar-refractivity contribution in [3.05, 3.63) is 34.9 Å². The smallest absolute Gasteiger partial charge is 0.363 e. The van der Waals surface area contributed by atoms with Crippen molar-refractivity contribution in [2.75, 3.05) is 13.2 Å². The van der Waals surface area contributed by atoms with Gasteiger partial charge in [-0.1, -0.05) is 108 Å². The lowest BCUT2D eigenvalue weighted by Crippen LogP contribution is -2.41. The number of aliphatic imine (C=N–C) groups is 1. The van der Waals surface area contributed by atoms with E-state index in [1.165, 1.54) is 45.4 Å². The molecular formula is C32H50N2O5. The minimum atomic E-state index is -1.12. The SMILES string of the molecule is CCCCCCCCCCCOC(=O)C(C)OC(=O)C(=NO)C1=NCC(CCC)(CCC)c2c(C)cccc21. The summed E-state index contributed by atoms with van der Waals surface area (Å²) in [4.78, 5) is 30.2. The highest BCUT2D eigenvalue weighted by Crippen LogP contribution is 2.41. The third-order valence-corrected chi connectivity index (χ3v) is 7.68. The zero-order chi connectivity index (χ0) is 28.7. The van der Waals surface area contributed by atoms with Crippen LogP contribution in [0.1, 0.15) is 128 Å². The Morgan fingerprint density at radius 1 is 0.974 bits per heavy atom. The van der Waals surface area contributed by atoms with Crippen molar-refractivity contribution in [2.24, 2.45) is 10.1 Å². The van der Waals surface area contributed by atoms with Gasteiger partial charge in [0.2, 0.25) is 5.71 Å². The Kier molecular flexibility index (Phi) is 14.2. The molecule has 1 N–H and O–H groups in total. The second-order valence-corrected chi connectivity index (χ2v) is 10.9. The summed E-state index contributed by atoms with van der Waals surface area (Å²) in [5, 5.41) is 13.1. The summed E-state index contributed by atoms with van der Waals surface area (Å²) >= 11 is 0. The van der Waals surface area contributed by atoms with Crippen molar-refractivity contribution in [3.63, 3.8) is 0 Å². The minimum Gasteiger partial charge on any atom is -0.463 e. The number of unbranched alkanes of at least 4 members (excludes halogenated alkanes) is 8. The zero-order valence-corrected chi connectivity index (χ0v) is 24.9. The molecule has 2 rings (SSSR count). The third-order valence-electron chi connectivity index (χ3n) is 7.68. The van der Waals surface area contributed by atoms with Crippen LogP contribution in [0, 0.1) is 6.92 Å². The number of hydrogen-bond donors (Lipinski definition) is 1. The van der Waals surface area contributed by atoms with E-state index in [2.05, 4.69) is 38.9 Å². The molecule has 0 radical (unpaired) electrons. The normalized spacial score (nSPS) is 15.3. The number of carbonyl (C=O) groups is 2. The van der Waals surface area contributed by atoms with E-state index >= 15 is 0 Å². The summed E-state index contributed by atoms with van der Waals surface area (Å²) in [6.07, 6.45) is 13.4. The Bertz CT molecular complexity index is 979. The maximum absolute atomic E-state index is 13.0. The fraction of sp³-hybridized carbons (Fsp3) is 0.688. The average molecular weight is 543 g/mol. The van der Waals surface area contributed by atoms with Gasteiger partial charge in [-0.25, -0.2) is 9.59 Å². The van der Waals surface area contributed by atoms with Crippen LogP contribution in [0.4, 0.5) is 0 Å². The number of rotatable bonds is 18. The van der Waals surface area contributed by atoms with Crippen LogP contribution in [0.5, 0.6) is 0 Å². The van der Waals surface area contributed by atoms with Gasteiger partial charge in [-0.2, -0.15) is 0 Å². The van der Waals surface area contributed by atoms with Crippen LogP contribution in [-0.2, 0) is 24.5 Å². The van der Waals surface area contributed by atoms with Crippen LogP contribution < -0.4 is 0 Å². The Balaban J connectivity index is 1.96. The van der Waals surface area contributed by atoms with E-state index in [4.69, 9.17) is 14.5 Å². The molecule has 0 saturated carbocycles. The van der Waals surface area contributed by atoms with Gasteiger partial charge in [-0.05, 0) is 44.2 Å². The molecular weight excluding hydrogens is 492 g/mol. The predicted octanol–water partition coefficient (Wildman–Crippen LogP) is 7.47. The number of oxime groups is 1. The first-order valence-electron chi connectivity index (χ1n) is 15.1. The molecule has 1 aromatic rings. The molecule has 0 amide bonds. The molecule has 0 aliphatic carbocycles. The zero-order valence-electron chi connectivity index (χ0n) is 24.9. The number of ether oxygens (including phenoxy) is 2. The van der Waals surface area contributed by atoms with E-state index in [-0.39, 0.29) is 11.1 Å². The number of hydrogen-bond acceptors (Lipinski definition) is 7. The van der Waals surface area contributed by atoms with Gasteiger partial charge in [0.25, 0.3) is 0 Å².